The summed E-state index contributed by atoms with van der Waals surface area (Å²) in [5.41, 5.74) is 1.01. The Morgan fingerprint density at radius 3 is 2.35 bits per heavy atom. The van der Waals surface area contributed by atoms with Crippen LogP contribution in [0.15, 0.2) is 69.8 Å². The molecule has 2 aromatic carbocycles. The lowest BCUT2D eigenvalue weighted by atomic mass is 10.1. The minimum atomic E-state index is -3.62. The zero-order valence-corrected chi connectivity index (χ0v) is 19.1. The van der Waals surface area contributed by atoms with Crippen molar-refractivity contribution in [3.8, 4) is 11.5 Å². The van der Waals surface area contributed by atoms with E-state index in [1.54, 1.807) is 36.4 Å². The van der Waals surface area contributed by atoms with E-state index in [9.17, 15) is 13.2 Å². The molecule has 0 bridgehead atoms. The second kappa shape index (κ2) is 10.5. The number of sulfone groups is 1. The molecule has 1 amide bonds. The minimum absolute atomic E-state index is 0.150. The van der Waals surface area contributed by atoms with Gasteiger partial charge in [0.15, 0.2) is 11.5 Å². The Balaban J connectivity index is 1.61. The SMILES string of the molecule is CCOc1ccc(CCNC(=O)c2ccc(S(=O)(=O)c3ccccc3)s2)cc1OCC. The number of rotatable bonds is 10. The van der Waals surface area contributed by atoms with Gasteiger partial charge >= 0.3 is 0 Å². The Kier molecular flexibility index (Phi) is 7.70. The van der Waals surface area contributed by atoms with Gasteiger partial charge < -0.3 is 14.8 Å². The number of hydrogen-bond donors (Lipinski definition) is 1. The second-order valence-corrected chi connectivity index (χ2v) is 9.85. The van der Waals surface area contributed by atoms with Crippen molar-refractivity contribution in [2.75, 3.05) is 19.8 Å². The van der Waals surface area contributed by atoms with E-state index in [0.29, 0.717) is 42.6 Å². The van der Waals surface area contributed by atoms with Gasteiger partial charge in [-0.3, -0.25) is 4.79 Å². The molecule has 0 aliphatic heterocycles. The van der Waals surface area contributed by atoms with E-state index < -0.39 is 9.84 Å². The molecule has 31 heavy (non-hydrogen) atoms. The molecule has 0 saturated carbocycles. The van der Waals surface area contributed by atoms with Crippen molar-refractivity contribution in [1.29, 1.82) is 0 Å². The summed E-state index contributed by atoms with van der Waals surface area (Å²) in [6.45, 7) is 5.33. The number of nitrogens with one attached hydrogen (secondary N) is 1. The number of carbonyl (C=O) groups is 1. The van der Waals surface area contributed by atoms with Crippen molar-refractivity contribution in [2.24, 2.45) is 0 Å². The van der Waals surface area contributed by atoms with Crippen LogP contribution in [0.25, 0.3) is 0 Å². The van der Waals surface area contributed by atoms with E-state index in [2.05, 4.69) is 5.32 Å². The van der Waals surface area contributed by atoms with Crippen molar-refractivity contribution in [2.45, 2.75) is 29.4 Å². The average molecular weight is 460 g/mol. The highest BCUT2D eigenvalue weighted by Gasteiger charge is 2.21. The predicted octanol–water partition coefficient (Wildman–Crippen LogP) is 4.35. The summed E-state index contributed by atoms with van der Waals surface area (Å²) in [4.78, 5) is 13.1. The maximum absolute atomic E-state index is 12.7. The summed E-state index contributed by atoms with van der Waals surface area (Å²) < 4.78 is 36.7. The van der Waals surface area contributed by atoms with Crippen molar-refractivity contribution >= 4 is 27.1 Å². The first kappa shape index (κ1) is 22.8. The fraction of sp³-hybridized carbons (Fsp3) is 0.261. The molecule has 0 spiro atoms. The van der Waals surface area contributed by atoms with Crippen molar-refractivity contribution in [3.63, 3.8) is 0 Å². The Morgan fingerprint density at radius 1 is 0.935 bits per heavy atom. The van der Waals surface area contributed by atoms with Crippen molar-refractivity contribution < 1.29 is 22.7 Å². The molecule has 0 aliphatic carbocycles. The zero-order chi connectivity index (χ0) is 22.3. The Hall–Kier alpha value is -2.84. The van der Waals surface area contributed by atoms with Crippen LogP contribution in [0.1, 0.15) is 29.1 Å². The quantitative estimate of drug-likeness (QED) is 0.487. The Morgan fingerprint density at radius 2 is 1.65 bits per heavy atom. The fourth-order valence-corrected chi connectivity index (χ4v) is 5.61. The lowest BCUT2D eigenvalue weighted by Crippen LogP contribution is -2.24. The third-order valence-electron chi connectivity index (χ3n) is 4.43. The van der Waals surface area contributed by atoms with Crippen LogP contribution >= 0.6 is 11.3 Å². The number of benzene rings is 2. The second-order valence-electron chi connectivity index (χ2n) is 6.59. The summed E-state index contributed by atoms with van der Waals surface area (Å²) >= 11 is 0.969. The third kappa shape index (κ3) is 5.65. The van der Waals surface area contributed by atoms with Crippen LogP contribution in [-0.4, -0.2) is 34.1 Å². The van der Waals surface area contributed by atoms with Gasteiger partial charge in [-0.1, -0.05) is 24.3 Å². The highest BCUT2D eigenvalue weighted by Crippen LogP contribution is 2.29. The van der Waals surface area contributed by atoms with Gasteiger partial charge in [-0.05, 0) is 62.2 Å². The largest absolute Gasteiger partial charge is 0.490 e. The first-order chi connectivity index (χ1) is 15.0. The van der Waals surface area contributed by atoms with Gasteiger partial charge in [0.05, 0.1) is 23.0 Å². The highest BCUT2D eigenvalue weighted by molar-refractivity contribution is 7.93. The van der Waals surface area contributed by atoms with Gasteiger partial charge in [0.1, 0.15) is 4.21 Å². The van der Waals surface area contributed by atoms with Crippen LogP contribution in [-0.2, 0) is 16.3 Å². The molecule has 3 rings (SSSR count). The van der Waals surface area contributed by atoms with Crippen LogP contribution < -0.4 is 14.8 Å². The van der Waals surface area contributed by atoms with Crippen LogP contribution in [0.2, 0.25) is 0 Å². The summed E-state index contributed by atoms with van der Waals surface area (Å²) in [6, 6.07) is 16.9. The number of carbonyl (C=O) groups excluding carboxylic acids is 1. The number of ether oxygens (including phenoxy) is 2. The van der Waals surface area contributed by atoms with Crippen LogP contribution in [0, 0.1) is 0 Å². The van der Waals surface area contributed by atoms with Gasteiger partial charge in [-0.25, -0.2) is 8.42 Å². The molecule has 1 aromatic heterocycles. The lowest BCUT2D eigenvalue weighted by molar-refractivity contribution is 0.0958. The van der Waals surface area contributed by atoms with E-state index >= 15 is 0 Å². The fourth-order valence-electron chi connectivity index (χ4n) is 2.96. The lowest BCUT2D eigenvalue weighted by Gasteiger charge is -2.12. The summed E-state index contributed by atoms with van der Waals surface area (Å²) in [5, 5.41) is 2.85. The summed E-state index contributed by atoms with van der Waals surface area (Å²) in [5.74, 6) is 1.08. The summed E-state index contributed by atoms with van der Waals surface area (Å²) in [7, 11) is -3.62. The number of amides is 1. The van der Waals surface area contributed by atoms with Crippen LogP contribution in [0.3, 0.4) is 0 Å². The van der Waals surface area contributed by atoms with Crippen LogP contribution in [0.4, 0.5) is 0 Å². The van der Waals surface area contributed by atoms with Gasteiger partial charge in [0.25, 0.3) is 5.91 Å². The molecule has 6 nitrogen and oxygen atoms in total. The molecule has 8 heteroatoms. The predicted molar refractivity (Wildman–Crippen MR) is 121 cm³/mol. The minimum Gasteiger partial charge on any atom is -0.490 e. The third-order valence-corrected chi connectivity index (χ3v) is 7.78. The molecule has 0 saturated heterocycles. The van der Waals surface area contributed by atoms with Gasteiger partial charge in [0, 0.05) is 6.54 Å². The topological polar surface area (TPSA) is 81.7 Å². The molecule has 0 unspecified atom stereocenters. The highest BCUT2D eigenvalue weighted by atomic mass is 32.2. The monoisotopic (exact) mass is 459 g/mol. The molecular formula is C23H25NO5S2. The van der Waals surface area contributed by atoms with Crippen molar-refractivity contribution in [3.05, 3.63) is 71.1 Å². The number of hydrogen-bond acceptors (Lipinski definition) is 6. The molecule has 1 heterocycles. The van der Waals surface area contributed by atoms with E-state index in [1.807, 2.05) is 32.0 Å². The van der Waals surface area contributed by atoms with Crippen molar-refractivity contribution in [1.82, 2.24) is 5.32 Å². The van der Waals surface area contributed by atoms with E-state index in [-0.39, 0.29) is 15.0 Å². The molecule has 0 aliphatic rings. The Labute approximate surface area is 186 Å². The maximum atomic E-state index is 12.7. The first-order valence-corrected chi connectivity index (χ1v) is 12.3. The van der Waals surface area contributed by atoms with E-state index in [4.69, 9.17) is 9.47 Å². The van der Waals surface area contributed by atoms with Gasteiger partial charge in [-0.15, -0.1) is 11.3 Å². The molecular weight excluding hydrogens is 434 g/mol. The zero-order valence-electron chi connectivity index (χ0n) is 17.5. The van der Waals surface area contributed by atoms with E-state index in [1.165, 1.54) is 6.07 Å². The maximum Gasteiger partial charge on any atom is 0.261 e. The molecule has 0 atom stereocenters. The van der Waals surface area contributed by atoms with Crippen LogP contribution in [0.5, 0.6) is 11.5 Å². The summed E-state index contributed by atoms with van der Waals surface area (Å²) in [6.07, 6.45) is 0.610. The molecule has 164 valence electrons. The molecule has 0 fully saturated rings. The molecule has 3 aromatic rings. The first-order valence-electron chi connectivity index (χ1n) is 10.0. The number of thiophene rings is 1. The molecule has 0 radical (unpaired) electrons. The average Bonchev–Trinajstić information content (AvgIpc) is 3.28. The smallest absolute Gasteiger partial charge is 0.261 e. The van der Waals surface area contributed by atoms with E-state index in [0.717, 1.165) is 16.9 Å². The normalized spacial score (nSPS) is 11.2. The van der Waals surface area contributed by atoms with Gasteiger partial charge in [-0.2, -0.15) is 0 Å². The Bertz CT molecular complexity index is 1120. The molecule has 1 N–H and O–H groups in total. The standard InChI is InChI=1S/C23H25NO5S2/c1-3-28-19-11-10-17(16-20(19)29-4-2)14-15-24-23(25)21-12-13-22(30-21)31(26,27)18-8-6-5-7-9-18/h5-13,16H,3-4,14-15H2,1-2H3,(H,24,25). The van der Waals surface area contributed by atoms with Gasteiger partial charge in [0.2, 0.25) is 9.84 Å².